The molecule has 18 heavy (non-hydrogen) atoms. The molecule has 1 aromatic rings. The van der Waals surface area contributed by atoms with Crippen molar-refractivity contribution in [2.45, 2.75) is 31.2 Å². The molecule has 1 heterocycles. The highest BCUT2D eigenvalue weighted by Crippen LogP contribution is 2.19. The molecule has 0 unspecified atom stereocenters. The van der Waals surface area contributed by atoms with Gasteiger partial charge in [0, 0.05) is 25.3 Å². The van der Waals surface area contributed by atoms with Crippen molar-refractivity contribution in [1.29, 1.82) is 0 Å². The zero-order chi connectivity index (χ0) is 13.4. The second-order valence-electron chi connectivity index (χ2n) is 3.68. The van der Waals surface area contributed by atoms with Gasteiger partial charge in [-0.25, -0.2) is 9.97 Å². The molecular formula is C12H19N3O2S. The Labute approximate surface area is 112 Å². The molecule has 0 aliphatic carbocycles. The van der Waals surface area contributed by atoms with E-state index in [1.807, 2.05) is 13.1 Å². The monoisotopic (exact) mass is 269 g/mol. The number of thioether (sulfide) groups is 1. The SMILES string of the molecule is CCCc1nc(NC)cc(SCCC(=O)OC)n1. The summed E-state index contributed by atoms with van der Waals surface area (Å²) in [4.78, 5) is 19.8. The lowest BCUT2D eigenvalue weighted by Crippen LogP contribution is -2.03. The van der Waals surface area contributed by atoms with Crippen molar-refractivity contribution in [3.63, 3.8) is 0 Å². The van der Waals surface area contributed by atoms with Crippen LogP contribution in [0.15, 0.2) is 11.1 Å². The molecule has 1 aromatic heterocycles. The van der Waals surface area contributed by atoms with Crippen LogP contribution in [0.1, 0.15) is 25.6 Å². The van der Waals surface area contributed by atoms with Crippen molar-refractivity contribution in [2.75, 3.05) is 25.2 Å². The summed E-state index contributed by atoms with van der Waals surface area (Å²) in [6.07, 6.45) is 2.27. The maximum atomic E-state index is 11.0. The first kappa shape index (κ1) is 14.8. The van der Waals surface area contributed by atoms with Crippen molar-refractivity contribution < 1.29 is 9.53 Å². The molecule has 0 fully saturated rings. The van der Waals surface area contributed by atoms with Crippen LogP contribution < -0.4 is 5.32 Å². The number of esters is 1. The molecule has 1 N–H and O–H groups in total. The van der Waals surface area contributed by atoms with E-state index < -0.39 is 0 Å². The number of anilines is 1. The van der Waals surface area contributed by atoms with E-state index in [0.29, 0.717) is 12.2 Å². The number of carbonyl (C=O) groups excluding carboxylic acids is 1. The maximum absolute atomic E-state index is 11.0. The van der Waals surface area contributed by atoms with Crippen molar-refractivity contribution in [2.24, 2.45) is 0 Å². The minimum atomic E-state index is -0.195. The Kier molecular flexibility index (Phi) is 6.49. The van der Waals surface area contributed by atoms with Gasteiger partial charge in [-0.3, -0.25) is 4.79 Å². The Bertz CT molecular complexity index is 399. The Morgan fingerprint density at radius 3 is 2.89 bits per heavy atom. The zero-order valence-electron chi connectivity index (χ0n) is 11.0. The Morgan fingerprint density at radius 2 is 2.28 bits per heavy atom. The van der Waals surface area contributed by atoms with Crippen molar-refractivity contribution in [1.82, 2.24) is 9.97 Å². The first-order valence-corrected chi connectivity index (χ1v) is 6.93. The lowest BCUT2D eigenvalue weighted by molar-refractivity contribution is -0.140. The van der Waals surface area contributed by atoms with E-state index in [0.717, 1.165) is 29.5 Å². The highest BCUT2D eigenvalue weighted by atomic mass is 32.2. The molecule has 0 saturated carbocycles. The molecule has 0 spiro atoms. The molecule has 0 saturated heterocycles. The average molecular weight is 269 g/mol. The van der Waals surface area contributed by atoms with Crippen molar-refractivity contribution >= 4 is 23.5 Å². The third-order valence-corrected chi connectivity index (χ3v) is 3.18. The summed E-state index contributed by atoms with van der Waals surface area (Å²) in [6, 6.07) is 1.89. The van der Waals surface area contributed by atoms with Gasteiger partial charge in [0.15, 0.2) is 0 Å². The Morgan fingerprint density at radius 1 is 1.50 bits per heavy atom. The predicted octanol–water partition coefficient (Wildman–Crippen LogP) is 2.13. The van der Waals surface area contributed by atoms with Crippen LogP contribution >= 0.6 is 11.8 Å². The third kappa shape index (κ3) is 4.91. The van der Waals surface area contributed by atoms with Gasteiger partial charge >= 0.3 is 5.97 Å². The third-order valence-electron chi connectivity index (χ3n) is 2.26. The summed E-state index contributed by atoms with van der Waals surface area (Å²) in [7, 11) is 3.23. The quantitative estimate of drug-likeness (QED) is 0.465. The number of hydrogen-bond donors (Lipinski definition) is 1. The maximum Gasteiger partial charge on any atom is 0.306 e. The lowest BCUT2D eigenvalue weighted by atomic mass is 10.3. The van der Waals surface area contributed by atoms with E-state index >= 15 is 0 Å². The van der Waals surface area contributed by atoms with Crippen LogP contribution in [0, 0.1) is 0 Å². The van der Waals surface area contributed by atoms with Crippen molar-refractivity contribution in [3.8, 4) is 0 Å². The van der Waals surface area contributed by atoms with Crippen LogP contribution in [0.25, 0.3) is 0 Å². The number of aryl methyl sites for hydroxylation is 1. The van der Waals surface area contributed by atoms with Gasteiger partial charge in [0.2, 0.25) is 0 Å². The highest BCUT2D eigenvalue weighted by Gasteiger charge is 2.06. The molecule has 0 aromatic carbocycles. The molecule has 100 valence electrons. The van der Waals surface area contributed by atoms with Gasteiger partial charge in [0.1, 0.15) is 16.7 Å². The summed E-state index contributed by atoms with van der Waals surface area (Å²) >= 11 is 1.54. The molecule has 0 aliphatic heterocycles. The number of ether oxygens (including phenoxy) is 1. The minimum absolute atomic E-state index is 0.195. The number of hydrogen-bond acceptors (Lipinski definition) is 6. The van der Waals surface area contributed by atoms with Crippen LogP contribution in [-0.4, -0.2) is 35.8 Å². The van der Waals surface area contributed by atoms with Crippen LogP contribution in [0.2, 0.25) is 0 Å². The van der Waals surface area contributed by atoms with E-state index in [1.165, 1.54) is 7.11 Å². The van der Waals surface area contributed by atoms with Gasteiger partial charge in [0.25, 0.3) is 0 Å². The molecule has 5 nitrogen and oxygen atoms in total. The highest BCUT2D eigenvalue weighted by molar-refractivity contribution is 7.99. The first-order valence-electron chi connectivity index (χ1n) is 5.95. The van der Waals surface area contributed by atoms with Gasteiger partial charge in [-0.1, -0.05) is 6.92 Å². The molecule has 0 bridgehead atoms. The molecule has 0 aliphatic rings. The summed E-state index contributed by atoms with van der Waals surface area (Å²) < 4.78 is 4.60. The van der Waals surface area contributed by atoms with Crippen LogP contribution in [0.4, 0.5) is 5.82 Å². The lowest BCUT2D eigenvalue weighted by Gasteiger charge is -2.06. The fraction of sp³-hybridized carbons (Fsp3) is 0.583. The van der Waals surface area contributed by atoms with E-state index in [4.69, 9.17) is 0 Å². The first-order chi connectivity index (χ1) is 8.69. The number of nitrogens with one attached hydrogen (secondary N) is 1. The Balaban J connectivity index is 2.63. The number of rotatable bonds is 7. The fourth-order valence-corrected chi connectivity index (χ4v) is 2.19. The molecule has 1 rings (SSSR count). The molecular weight excluding hydrogens is 250 g/mol. The van der Waals surface area contributed by atoms with Crippen molar-refractivity contribution in [3.05, 3.63) is 11.9 Å². The number of nitrogens with zero attached hydrogens (tertiary/aromatic N) is 2. The second-order valence-corrected chi connectivity index (χ2v) is 4.80. The van der Waals surface area contributed by atoms with E-state index in [1.54, 1.807) is 11.8 Å². The molecule has 6 heteroatoms. The van der Waals surface area contributed by atoms with Crippen LogP contribution in [-0.2, 0) is 16.0 Å². The number of methoxy groups -OCH3 is 1. The van der Waals surface area contributed by atoms with Gasteiger partial charge in [0.05, 0.1) is 13.5 Å². The molecule has 0 amide bonds. The minimum Gasteiger partial charge on any atom is -0.469 e. The van der Waals surface area contributed by atoms with Crippen LogP contribution in [0.5, 0.6) is 0 Å². The van der Waals surface area contributed by atoms with Gasteiger partial charge in [-0.2, -0.15) is 0 Å². The standard InChI is InChI=1S/C12H19N3O2S/c1-4-5-9-14-10(13-2)8-11(15-9)18-7-6-12(16)17-3/h8H,4-7H2,1-3H3,(H,13,14,15). The summed E-state index contributed by atoms with van der Waals surface area (Å²) in [5.74, 6) is 2.12. The smallest absolute Gasteiger partial charge is 0.306 e. The predicted molar refractivity (Wildman–Crippen MR) is 72.9 cm³/mol. The van der Waals surface area contributed by atoms with Gasteiger partial charge in [-0.15, -0.1) is 11.8 Å². The largest absolute Gasteiger partial charge is 0.469 e. The topological polar surface area (TPSA) is 64.1 Å². The summed E-state index contributed by atoms with van der Waals surface area (Å²) in [5.41, 5.74) is 0. The molecule has 0 atom stereocenters. The number of carbonyl (C=O) groups is 1. The number of aromatic nitrogens is 2. The summed E-state index contributed by atoms with van der Waals surface area (Å²) in [5, 5.41) is 3.91. The second kappa shape index (κ2) is 7.92. The fourth-order valence-electron chi connectivity index (χ4n) is 1.35. The van der Waals surface area contributed by atoms with Gasteiger partial charge in [-0.05, 0) is 6.42 Å². The van der Waals surface area contributed by atoms with Crippen LogP contribution in [0.3, 0.4) is 0 Å². The average Bonchev–Trinajstić information content (AvgIpc) is 2.38. The normalized spacial score (nSPS) is 10.2. The van der Waals surface area contributed by atoms with E-state index in [9.17, 15) is 4.79 Å². The van der Waals surface area contributed by atoms with Gasteiger partial charge < -0.3 is 10.1 Å². The van der Waals surface area contributed by atoms with E-state index in [-0.39, 0.29) is 5.97 Å². The Hall–Kier alpha value is -1.30. The van der Waals surface area contributed by atoms with E-state index in [2.05, 4.69) is 26.9 Å². The molecule has 0 radical (unpaired) electrons. The zero-order valence-corrected chi connectivity index (χ0v) is 11.8. The summed E-state index contributed by atoms with van der Waals surface area (Å²) in [6.45, 7) is 2.10.